The minimum Gasteiger partial charge on any atom is -0.481 e. The number of nitrogens with zero attached hydrogens (tertiary/aromatic N) is 1. The maximum atomic E-state index is 12.8. The largest absolute Gasteiger partial charge is 0.481 e. The molecule has 0 spiro atoms. The van der Waals surface area contributed by atoms with Gasteiger partial charge in [-0.1, -0.05) is 42.5 Å². The number of benzene rings is 2. The SMILES string of the molecule is O=C(O)CC1CN(C(=O)C2CC2c2ccc3ccccc3c2)CCO1. The molecule has 1 heterocycles. The zero-order chi connectivity index (χ0) is 17.4. The average Bonchev–Trinajstić information content (AvgIpc) is 3.41. The van der Waals surface area contributed by atoms with Crippen LogP contribution >= 0.6 is 0 Å². The number of hydrogen-bond acceptors (Lipinski definition) is 3. The van der Waals surface area contributed by atoms with Crippen LogP contribution in [0.4, 0.5) is 0 Å². The quantitative estimate of drug-likeness (QED) is 0.930. The summed E-state index contributed by atoms with van der Waals surface area (Å²) in [4.78, 5) is 25.4. The third-order valence-corrected chi connectivity index (χ3v) is 5.16. The Morgan fingerprint density at radius 1 is 1.16 bits per heavy atom. The van der Waals surface area contributed by atoms with Crippen molar-refractivity contribution in [3.63, 3.8) is 0 Å². The molecule has 5 heteroatoms. The summed E-state index contributed by atoms with van der Waals surface area (Å²) in [7, 11) is 0. The van der Waals surface area contributed by atoms with E-state index in [0.29, 0.717) is 19.7 Å². The number of fused-ring (bicyclic) bond motifs is 1. The molecule has 0 radical (unpaired) electrons. The summed E-state index contributed by atoms with van der Waals surface area (Å²) in [6.07, 6.45) is 0.425. The monoisotopic (exact) mass is 339 g/mol. The first kappa shape index (κ1) is 16.1. The van der Waals surface area contributed by atoms with Crippen LogP contribution in [-0.4, -0.2) is 47.7 Å². The van der Waals surface area contributed by atoms with E-state index < -0.39 is 12.1 Å². The summed E-state index contributed by atoms with van der Waals surface area (Å²) in [5, 5.41) is 11.3. The van der Waals surface area contributed by atoms with Crippen LogP contribution in [0.15, 0.2) is 42.5 Å². The van der Waals surface area contributed by atoms with Gasteiger partial charge in [-0.15, -0.1) is 0 Å². The standard InChI is InChI=1S/C20H21NO4/c22-19(23)10-16-12-21(7-8-25-16)20(24)18-11-17(18)15-6-5-13-3-1-2-4-14(13)9-15/h1-6,9,16-18H,7-8,10-12H2,(H,22,23). The Morgan fingerprint density at radius 2 is 1.96 bits per heavy atom. The minimum atomic E-state index is -0.889. The fourth-order valence-electron chi connectivity index (χ4n) is 3.75. The molecule has 2 aromatic rings. The molecule has 0 aromatic heterocycles. The molecule has 2 fully saturated rings. The van der Waals surface area contributed by atoms with Gasteiger partial charge in [-0.3, -0.25) is 9.59 Å². The first-order chi connectivity index (χ1) is 12.1. The highest BCUT2D eigenvalue weighted by molar-refractivity contribution is 5.86. The number of morpholine rings is 1. The summed E-state index contributed by atoms with van der Waals surface area (Å²) in [6, 6.07) is 14.6. The Labute approximate surface area is 146 Å². The Kier molecular flexibility index (Phi) is 4.17. The van der Waals surface area contributed by atoms with E-state index in [1.807, 2.05) is 12.1 Å². The number of rotatable bonds is 4. The normalized spacial score (nSPS) is 25.8. The average molecular weight is 339 g/mol. The molecule has 2 aliphatic rings. The van der Waals surface area contributed by atoms with Crippen LogP contribution in [-0.2, 0) is 14.3 Å². The predicted octanol–water partition coefficient (Wildman–Crippen LogP) is 2.65. The van der Waals surface area contributed by atoms with Gasteiger partial charge in [-0.2, -0.15) is 0 Å². The molecule has 3 atom stereocenters. The van der Waals surface area contributed by atoms with Crippen molar-refractivity contribution in [1.29, 1.82) is 0 Å². The number of carbonyl (C=O) groups is 2. The lowest BCUT2D eigenvalue weighted by molar-refractivity contribution is -0.148. The molecule has 1 N–H and O–H groups in total. The van der Waals surface area contributed by atoms with Crippen molar-refractivity contribution in [3.8, 4) is 0 Å². The van der Waals surface area contributed by atoms with Crippen molar-refractivity contribution in [2.45, 2.75) is 24.9 Å². The van der Waals surface area contributed by atoms with Gasteiger partial charge >= 0.3 is 5.97 Å². The van der Waals surface area contributed by atoms with E-state index in [2.05, 4.69) is 30.3 Å². The number of amides is 1. The lowest BCUT2D eigenvalue weighted by Crippen LogP contribution is -2.47. The summed E-state index contributed by atoms with van der Waals surface area (Å²) >= 11 is 0. The van der Waals surface area contributed by atoms with Gasteiger partial charge in [-0.25, -0.2) is 0 Å². The topological polar surface area (TPSA) is 66.8 Å². The second kappa shape index (κ2) is 6.48. The molecule has 4 rings (SSSR count). The van der Waals surface area contributed by atoms with E-state index in [1.165, 1.54) is 16.3 Å². The van der Waals surface area contributed by atoms with E-state index in [-0.39, 0.29) is 24.2 Å². The fraction of sp³-hybridized carbons (Fsp3) is 0.400. The van der Waals surface area contributed by atoms with E-state index in [0.717, 1.165) is 6.42 Å². The van der Waals surface area contributed by atoms with Gasteiger partial charge in [0.1, 0.15) is 0 Å². The van der Waals surface area contributed by atoms with Crippen molar-refractivity contribution >= 4 is 22.6 Å². The van der Waals surface area contributed by atoms with Crippen LogP contribution in [0.3, 0.4) is 0 Å². The third kappa shape index (κ3) is 3.37. The van der Waals surface area contributed by atoms with Crippen molar-refractivity contribution in [2.75, 3.05) is 19.7 Å². The van der Waals surface area contributed by atoms with Crippen LogP contribution < -0.4 is 0 Å². The maximum Gasteiger partial charge on any atom is 0.306 e. The molecule has 1 saturated heterocycles. The Hall–Kier alpha value is -2.40. The van der Waals surface area contributed by atoms with Crippen LogP contribution in [0, 0.1) is 5.92 Å². The highest BCUT2D eigenvalue weighted by Gasteiger charge is 2.46. The molecular weight excluding hydrogens is 318 g/mol. The van der Waals surface area contributed by atoms with Gasteiger partial charge in [0.05, 0.1) is 19.1 Å². The summed E-state index contributed by atoms with van der Waals surface area (Å²) in [5.74, 6) is -0.459. The molecule has 1 amide bonds. The van der Waals surface area contributed by atoms with Crippen molar-refractivity contribution in [3.05, 3.63) is 48.0 Å². The Morgan fingerprint density at radius 3 is 2.76 bits per heavy atom. The van der Waals surface area contributed by atoms with Crippen LogP contribution in [0.1, 0.15) is 24.3 Å². The highest BCUT2D eigenvalue weighted by Crippen LogP contribution is 2.49. The van der Waals surface area contributed by atoms with Gasteiger partial charge in [0.2, 0.25) is 5.91 Å². The molecular formula is C20H21NO4. The molecule has 3 unspecified atom stereocenters. The lowest BCUT2D eigenvalue weighted by Gasteiger charge is -2.32. The van der Waals surface area contributed by atoms with Crippen LogP contribution in [0.2, 0.25) is 0 Å². The zero-order valence-electron chi connectivity index (χ0n) is 13.9. The number of carboxylic acids is 1. The molecule has 25 heavy (non-hydrogen) atoms. The molecule has 1 aliphatic carbocycles. The molecule has 1 aliphatic heterocycles. The Balaban J connectivity index is 1.43. The van der Waals surface area contributed by atoms with Crippen molar-refractivity contribution in [2.24, 2.45) is 5.92 Å². The minimum absolute atomic E-state index is 0.0183. The fourth-order valence-corrected chi connectivity index (χ4v) is 3.75. The van der Waals surface area contributed by atoms with E-state index in [9.17, 15) is 9.59 Å². The van der Waals surface area contributed by atoms with Crippen LogP contribution in [0.25, 0.3) is 10.8 Å². The number of ether oxygens (including phenoxy) is 1. The van der Waals surface area contributed by atoms with Gasteiger partial charge in [0, 0.05) is 19.0 Å². The van der Waals surface area contributed by atoms with Crippen LogP contribution in [0.5, 0.6) is 0 Å². The molecule has 130 valence electrons. The lowest BCUT2D eigenvalue weighted by atomic mass is 10.0. The number of carbonyl (C=O) groups excluding carboxylic acids is 1. The molecule has 2 aromatic carbocycles. The van der Waals surface area contributed by atoms with E-state index >= 15 is 0 Å². The van der Waals surface area contributed by atoms with E-state index in [1.54, 1.807) is 4.90 Å². The Bertz CT molecular complexity index is 818. The summed E-state index contributed by atoms with van der Waals surface area (Å²) in [5.41, 5.74) is 1.22. The molecule has 0 bridgehead atoms. The highest BCUT2D eigenvalue weighted by atomic mass is 16.5. The number of aliphatic carboxylic acids is 1. The van der Waals surface area contributed by atoms with Crippen molar-refractivity contribution < 1.29 is 19.4 Å². The van der Waals surface area contributed by atoms with E-state index in [4.69, 9.17) is 9.84 Å². The maximum absolute atomic E-state index is 12.8. The molecule has 5 nitrogen and oxygen atoms in total. The van der Waals surface area contributed by atoms with Gasteiger partial charge < -0.3 is 14.7 Å². The second-order valence-corrected chi connectivity index (χ2v) is 6.93. The summed E-state index contributed by atoms with van der Waals surface area (Å²) < 4.78 is 5.45. The number of hydrogen-bond donors (Lipinski definition) is 1. The van der Waals surface area contributed by atoms with Gasteiger partial charge in [0.25, 0.3) is 0 Å². The number of carboxylic acid groups (broad SMARTS) is 1. The summed E-state index contributed by atoms with van der Waals surface area (Å²) in [6.45, 7) is 1.35. The third-order valence-electron chi connectivity index (χ3n) is 5.16. The zero-order valence-corrected chi connectivity index (χ0v) is 13.9. The predicted molar refractivity (Wildman–Crippen MR) is 93.4 cm³/mol. The first-order valence-electron chi connectivity index (χ1n) is 8.72. The van der Waals surface area contributed by atoms with Crippen molar-refractivity contribution in [1.82, 2.24) is 4.90 Å². The second-order valence-electron chi connectivity index (χ2n) is 6.93. The smallest absolute Gasteiger partial charge is 0.306 e. The van der Waals surface area contributed by atoms with Gasteiger partial charge in [-0.05, 0) is 28.7 Å². The first-order valence-corrected chi connectivity index (χ1v) is 8.72. The molecule has 1 saturated carbocycles. The van der Waals surface area contributed by atoms with Gasteiger partial charge in [0.15, 0.2) is 0 Å².